The molecular weight excluding hydrogens is 104 g/mol. The van der Waals surface area contributed by atoms with E-state index in [1.165, 1.54) is 32.1 Å². The van der Waals surface area contributed by atoms with Crippen LogP contribution in [0.15, 0.2) is 0 Å². The third kappa shape index (κ3) is 1.72. The minimum Gasteiger partial charge on any atom is -0.0904 e. The summed E-state index contributed by atoms with van der Waals surface area (Å²) in [5.74, 6) is 0. The van der Waals surface area contributed by atoms with Crippen molar-refractivity contribution in [1.29, 1.82) is 0 Å². The van der Waals surface area contributed by atoms with Gasteiger partial charge in [-0.05, 0) is 12.8 Å². The minimum atomic E-state index is 0.619. The second-order valence-electron chi connectivity index (χ2n) is 2.26. The lowest BCUT2D eigenvalue weighted by Crippen LogP contribution is -2.03. The molecule has 0 aromatic heterocycles. The molecule has 0 heterocycles. The normalized spacial score (nSPS) is 25.3. The molecule has 1 aliphatic rings. The van der Waals surface area contributed by atoms with Crippen LogP contribution in [0.5, 0.6) is 0 Å². The van der Waals surface area contributed by atoms with Gasteiger partial charge in [0.1, 0.15) is 0 Å². The smallest absolute Gasteiger partial charge is 0.0151 e. The first-order valence-electron chi connectivity index (χ1n) is 3.05. The summed E-state index contributed by atoms with van der Waals surface area (Å²) in [7, 11) is 0. The lowest BCUT2D eigenvalue weighted by atomic mass is 10.0. The van der Waals surface area contributed by atoms with Crippen molar-refractivity contribution in [3.05, 3.63) is 0 Å². The monoisotopic (exact) mass is 115 g/mol. The first-order valence-corrected chi connectivity index (χ1v) is 3.52. The maximum atomic E-state index is 5.09. The van der Waals surface area contributed by atoms with Crippen LogP contribution in [0.25, 0.3) is 0 Å². The summed E-state index contributed by atoms with van der Waals surface area (Å²) in [5.41, 5.74) is 0. The molecule has 1 fully saturated rings. The molecule has 0 N–H and O–H groups in total. The van der Waals surface area contributed by atoms with E-state index in [-0.39, 0.29) is 0 Å². The van der Waals surface area contributed by atoms with Crippen molar-refractivity contribution in [2.75, 3.05) is 0 Å². The molecule has 0 aromatic carbocycles. The van der Waals surface area contributed by atoms with Crippen molar-refractivity contribution in [2.45, 2.75) is 37.4 Å². The van der Waals surface area contributed by atoms with E-state index >= 15 is 0 Å². The summed E-state index contributed by atoms with van der Waals surface area (Å²) < 4.78 is 0. The zero-order valence-corrected chi connectivity index (χ0v) is 5.34. The molecule has 0 spiro atoms. The molecule has 41 valence electrons. The lowest BCUT2D eigenvalue weighted by molar-refractivity contribution is 0.518. The molecule has 1 rings (SSSR count). The van der Waals surface area contributed by atoms with Crippen molar-refractivity contribution >= 4 is 12.6 Å². The second kappa shape index (κ2) is 2.61. The molecule has 0 aliphatic heterocycles. The molecule has 0 saturated heterocycles. The Morgan fingerprint density at radius 2 is 1.57 bits per heavy atom. The van der Waals surface area contributed by atoms with Gasteiger partial charge < -0.3 is 0 Å². The van der Waals surface area contributed by atoms with E-state index in [0.717, 1.165) is 0 Å². The predicted octanol–water partition coefficient (Wildman–Crippen LogP) is 2.52. The summed E-state index contributed by atoms with van der Waals surface area (Å²) in [6.45, 7) is 0. The largest absolute Gasteiger partial charge is 0.0904 e. The Hall–Kier alpha value is 0.350. The summed E-state index contributed by atoms with van der Waals surface area (Å²) in [6.07, 6.45) is 6.79. The van der Waals surface area contributed by atoms with Gasteiger partial charge in [0.25, 0.3) is 0 Å². The van der Waals surface area contributed by atoms with Crippen molar-refractivity contribution in [3.63, 3.8) is 0 Å². The maximum Gasteiger partial charge on any atom is 0.0151 e. The Morgan fingerprint density at radius 1 is 1.00 bits per heavy atom. The van der Waals surface area contributed by atoms with E-state index in [1.807, 2.05) is 0 Å². The van der Waals surface area contributed by atoms with Crippen LogP contribution < -0.4 is 0 Å². The van der Waals surface area contributed by atoms with Gasteiger partial charge in [0.05, 0.1) is 0 Å². The average Bonchev–Trinajstić information content (AvgIpc) is 1.69. The first kappa shape index (κ1) is 5.49. The highest BCUT2D eigenvalue weighted by Gasteiger charge is 2.07. The van der Waals surface area contributed by atoms with Crippen molar-refractivity contribution in [3.8, 4) is 0 Å². The molecule has 0 aromatic rings. The van der Waals surface area contributed by atoms with Gasteiger partial charge in [0, 0.05) is 5.25 Å². The van der Waals surface area contributed by atoms with Crippen LogP contribution in [0.4, 0.5) is 0 Å². The van der Waals surface area contributed by atoms with E-state index in [2.05, 4.69) is 0 Å². The molecule has 0 atom stereocenters. The zero-order chi connectivity index (χ0) is 5.11. The van der Waals surface area contributed by atoms with Crippen LogP contribution >= 0.6 is 12.6 Å². The standard InChI is InChI=1S/C6H11S/c7-6-4-2-1-3-5-6/h6H,1-5H2. The fraction of sp³-hybridized carbons (Fsp3) is 1.00. The minimum absolute atomic E-state index is 0.619. The van der Waals surface area contributed by atoms with E-state index in [0.29, 0.717) is 5.25 Å². The third-order valence-electron chi connectivity index (χ3n) is 1.55. The molecule has 7 heavy (non-hydrogen) atoms. The molecule has 0 bridgehead atoms. The van der Waals surface area contributed by atoms with E-state index in [1.54, 1.807) is 0 Å². The molecular formula is C6H11S. The van der Waals surface area contributed by atoms with Gasteiger partial charge in [-0.15, -0.1) is 0 Å². The van der Waals surface area contributed by atoms with Gasteiger partial charge in [-0.25, -0.2) is 0 Å². The van der Waals surface area contributed by atoms with Gasteiger partial charge in [-0.3, -0.25) is 0 Å². The summed E-state index contributed by atoms with van der Waals surface area (Å²) >= 11 is 5.09. The Bertz CT molecular complexity index is 46.1. The highest BCUT2D eigenvalue weighted by atomic mass is 32.1. The van der Waals surface area contributed by atoms with Crippen LogP contribution in [0, 0.1) is 0 Å². The van der Waals surface area contributed by atoms with Crippen molar-refractivity contribution in [1.82, 2.24) is 0 Å². The van der Waals surface area contributed by atoms with E-state index in [9.17, 15) is 0 Å². The SMILES string of the molecule is [S]C1CCCCC1. The molecule has 1 heteroatoms. The second-order valence-corrected chi connectivity index (χ2v) is 2.93. The highest BCUT2D eigenvalue weighted by molar-refractivity contribution is 7.80. The van der Waals surface area contributed by atoms with Crippen molar-refractivity contribution < 1.29 is 0 Å². The van der Waals surface area contributed by atoms with Gasteiger partial charge >= 0.3 is 0 Å². The quantitative estimate of drug-likeness (QED) is 0.455. The molecule has 0 amide bonds. The Balaban J connectivity index is 2.12. The fourth-order valence-corrected chi connectivity index (χ4v) is 1.40. The van der Waals surface area contributed by atoms with Gasteiger partial charge in [-0.2, -0.15) is 0 Å². The summed E-state index contributed by atoms with van der Waals surface area (Å²) in [6, 6.07) is 0. The van der Waals surface area contributed by atoms with E-state index < -0.39 is 0 Å². The Kier molecular flexibility index (Phi) is 2.04. The maximum absolute atomic E-state index is 5.09. The number of hydrogen-bond acceptors (Lipinski definition) is 0. The highest BCUT2D eigenvalue weighted by Crippen LogP contribution is 2.20. The predicted molar refractivity (Wildman–Crippen MR) is 34.5 cm³/mol. The van der Waals surface area contributed by atoms with E-state index in [4.69, 9.17) is 12.6 Å². The zero-order valence-electron chi connectivity index (χ0n) is 4.52. The molecule has 1 radical (unpaired) electrons. The van der Waals surface area contributed by atoms with Crippen molar-refractivity contribution in [2.24, 2.45) is 0 Å². The van der Waals surface area contributed by atoms with Gasteiger partial charge in [0.15, 0.2) is 0 Å². The summed E-state index contributed by atoms with van der Waals surface area (Å²) in [4.78, 5) is 0. The van der Waals surface area contributed by atoms with Crippen LogP contribution in [0.3, 0.4) is 0 Å². The van der Waals surface area contributed by atoms with Crippen LogP contribution in [-0.2, 0) is 0 Å². The average molecular weight is 115 g/mol. The topological polar surface area (TPSA) is 0 Å². The van der Waals surface area contributed by atoms with Crippen LogP contribution in [0.1, 0.15) is 32.1 Å². The third-order valence-corrected chi connectivity index (χ3v) is 2.02. The van der Waals surface area contributed by atoms with Crippen LogP contribution in [0.2, 0.25) is 0 Å². The molecule has 1 saturated carbocycles. The lowest BCUT2D eigenvalue weighted by Gasteiger charge is -2.13. The first-order chi connectivity index (χ1) is 3.39. The molecule has 1 aliphatic carbocycles. The Morgan fingerprint density at radius 3 is 1.86 bits per heavy atom. The molecule has 0 nitrogen and oxygen atoms in total. The van der Waals surface area contributed by atoms with Gasteiger partial charge in [0.2, 0.25) is 0 Å². The Labute approximate surface area is 50.7 Å². The fourth-order valence-electron chi connectivity index (χ4n) is 1.07. The van der Waals surface area contributed by atoms with Gasteiger partial charge in [-0.1, -0.05) is 31.9 Å². The number of rotatable bonds is 0. The summed E-state index contributed by atoms with van der Waals surface area (Å²) in [5, 5.41) is 0.619. The number of hydrogen-bond donors (Lipinski definition) is 0. The molecule has 0 unspecified atom stereocenters. The van der Waals surface area contributed by atoms with Crippen LogP contribution in [-0.4, -0.2) is 5.25 Å².